The van der Waals surface area contributed by atoms with E-state index in [9.17, 15) is 4.79 Å². The monoisotopic (exact) mass is 333 g/mol. The minimum atomic E-state index is -0.0324. The normalized spacial score (nSPS) is 23.5. The topological polar surface area (TPSA) is 62.2 Å². The van der Waals surface area contributed by atoms with Gasteiger partial charge in [0.2, 0.25) is 0 Å². The van der Waals surface area contributed by atoms with Crippen molar-refractivity contribution in [3.8, 4) is 0 Å². The number of carbonyl (C=O) groups is 1. The van der Waals surface area contributed by atoms with Gasteiger partial charge in [-0.15, -0.1) is 0 Å². The summed E-state index contributed by atoms with van der Waals surface area (Å²) in [5.41, 5.74) is 0. The van der Waals surface area contributed by atoms with Crippen molar-refractivity contribution in [3.63, 3.8) is 0 Å². The average molecular weight is 333 g/mol. The summed E-state index contributed by atoms with van der Waals surface area (Å²) in [6.07, 6.45) is 10.4. The molecular formula is C18H31N5O. The first-order valence-corrected chi connectivity index (χ1v) is 9.43. The Morgan fingerprint density at radius 1 is 1.33 bits per heavy atom. The molecule has 2 fully saturated rings. The standard InChI is InChI=1S/C18H31N5O/c1-15(12-23-9-4-8-20-23)11-19-18(24)21-17-7-10-22(14-17)13-16-5-2-3-6-16/h4,8-9,15-17H,2-3,5-7,10-14H2,1H3,(H2,19,21,24)/t15-,17+/m0/s1. The van der Waals surface area contributed by atoms with Gasteiger partial charge in [-0.3, -0.25) is 4.68 Å². The minimum Gasteiger partial charge on any atom is -0.338 e. The summed E-state index contributed by atoms with van der Waals surface area (Å²) >= 11 is 0. The van der Waals surface area contributed by atoms with Gasteiger partial charge in [0, 0.05) is 51.2 Å². The van der Waals surface area contributed by atoms with Gasteiger partial charge in [-0.2, -0.15) is 5.10 Å². The zero-order chi connectivity index (χ0) is 16.8. The Morgan fingerprint density at radius 2 is 2.17 bits per heavy atom. The molecule has 2 atom stereocenters. The number of hydrogen-bond acceptors (Lipinski definition) is 3. The van der Waals surface area contributed by atoms with E-state index in [0.29, 0.717) is 18.5 Å². The van der Waals surface area contributed by atoms with Gasteiger partial charge in [0.05, 0.1) is 0 Å². The number of nitrogens with one attached hydrogen (secondary N) is 2. The Balaban J connectivity index is 1.30. The number of hydrogen-bond donors (Lipinski definition) is 2. The lowest BCUT2D eigenvalue weighted by atomic mass is 10.1. The molecule has 2 aliphatic rings. The SMILES string of the molecule is C[C@@H](CNC(=O)N[C@@H]1CCN(CC2CCCC2)C1)Cn1cccn1. The average Bonchev–Trinajstić information content (AvgIpc) is 3.29. The molecule has 0 bridgehead atoms. The Labute approximate surface area is 145 Å². The maximum absolute atomic E-state index is 12.1. The molecule has 1 aromatic rings. The predicted octanol–water partition coefficient (Wildman–Crippen LogP) is 2.08. The highest BCUT2D eigenvalue weighted by molar-refractivity contribution is 5.74. The van der Waals surface area contributed by atoms with E-state index < -0.39 is 0 Å². The van der Waals surface area contributed by atoms with Gasteiger partial charge in [0.15, 0.2) is 0 Å². The van der Waals surface area contributed by atoms with Crippen molar-refractivity contribution in [3.05, 3.63) is 18.5 Å². The van der Waals surface area contributed by atoms with Crippen LogP contribution < -0.4 is 10.6 Å². The number of amides is 2. The smallest absolute Gasteiger partial charge is 0.315 e. The van der Waals surface area contributed by atoms with Crippen LogP contribution in [0.1, 0.15) is 39.0 Å². The third kappa shape index (κ3) is 5.23. The fraction of sp³-hybridized carbons (Fsp3) is 0.778. The van der Waals surface area contributed by atoms with Crippen LogP contribution in [0.4, 0.5) is 4.79 Å². The second-order valence-electron chi connectivity index (χ2n) is 7.58. The van der Waals surface area contributed by atoms with E-state index in [4.69, 9.17) is 0 Å². The highest BCUT2D eigenvalue weighted by Crippen LogP contribution is 2.26. The van der Waals surface area contributed by atoms with E-state index in [2.05, 4.69) is 27.6 Å². The predicted molar refractivity (Wildman–Crippen MR) is 94.7 cm³/mol. The highest BCUT2D eigenvalue weighted by Gasteiger charge is 2.26. The Kier molecular flexibility index (Phi) is 6.12. The molecule has 1 aliphatic heterocycles. The summed E-state index contributed by atoms with van der Waals surface area (Å²) in [5, 5.41) is 10.3. The Bertz CT molecular complexity index is 498. The maximum Gasteiger partial charge on any atom is 0.315 e. The third-order valence-electron chi connectivity index (χ3n) is 5.27. The first-order chi connectivity index (χ1) is 11.7. The molecule has 2 amide bonds. The van der Waals surface area contributed by atoms with E-state index in [-0.39, 0.29) is 6.03 Å². The van der Waals surface area contributed by atoms with Crippen LogP contribution in [-0.2, 0) is 6.54 Å². The third-order valence-corrected chi connectivity index (χ3v) is 5.27. The fourth-order valence-corrected chi connectivity index (χ4v) is 3.97. The minimum absolute atomic E-state index is 0.0324. The van der Waals surface area contributed by atoms with Crippen LogP contribution >= 0.6 is 0 Å². The number of likely N-dealkylation sites (tertiary alicyclic amines) is 1. The second kappa shape index (κ2) is 8.51. The molecule has 0 unspecified atom stereocenters. The van der Waals surface area contributed by atoms with E-state index >= 15 is 0 Å². The van der Waals surface area contributed by atoms with E-state index in [0.717, 1.165) is 32.0 Å². The largest absolute Gasteiger partial charge is 0.338 e. The lowest BCUT2D eigenvalue weighted by molar-refractivity contribution is 0.232. The zero-order valence-electron chi connectivity index (χ0n) is 14.8. The number of carbonyl (C=O) groups excluding carboxylic acids is 1. The van der Waals surface area contributed by atoms with Gasteiger partial charge in [0.25, 0.3) is 0 Å². The lowest BCUT2D eigenvalue weighted by Crippen LogP contribution is -2.45. The summed E-state index contributed by atoms with van der Waals surface area (Å²) in [6.45, 7) is 6.97. The summed E-state index contributed by atoms with van der Waals surface area (Å²) in [6, 6.07) is 2.19. The molecule has 24 heavy (non-hydrogen) atoms. The van der Waals surface area contributed by atoms with Crippen molar-refractivity contribution in [2.24, 2.45) is 11.8 Å². The number of nitrogens with zero attached hydrogens (tertiary/aromatic N) is 3. The maximum atomic E-state index is 12.1. The van der Waals surface area contributed by atoms with Gasteiger partial charge in [-0.05, 0) is 37.2 Å². The van der Waals surface area contributed by atoms with Gasteiger partial charge in [0.1, 0.15) is 0 Å². The quantitative estimate of drug-likeness (QED) is 0.803. The van der Waals surface area contributed by atoms with Crippen LogP contribution in [0.2, 0.25) is 0 Å². The van der Waals surface area contributed by atoms with Crippen LogP contribution in [0.5, 0.6) is 0 Å². The molecule has 2 N–H and O–H groups in total. The number of urea groups is 1. The molecule has 6 heteroatoms. The lowest BCUT2D eigenvalue weighted by Gasteiger charge is -2.20. The van der Waals surface area contributed by atoms with Gasteiger partial charge >= 0.3 is 6.03 Å². The molecule has 2 heterocycles. The fourth-order valence-electron chi connectivity index (χ4n) is 3.97. The Morgan fingerprint density at radius 3 is 2.92 bits per heavy atom. The Hall–Kier alpha value is -1.56. The first kappa shape index (κ1) is 17.3. The van der Waals surface area contributed by atoms with Gasteiger partial charge in [-0.25, -0.2) is 4.79 Å². The van der Waals surface area contributed by atoms with Crippen molar-refractivity contribution >= 4 is 6.03 Å². The molecule has 134 valence electrons. The molecule has 0 radical (unpaired) electrons. The van der Waals surface area contributed by atoms with Crippen molar-refractivity contribution in [1.82, 2.24) is 25.3 Å². The summed E-state index contributed by atoms with van der Waals surface area (Å²) in [7, 11) is 0. The van der Waals surface area contributed by atoms with Gasteiger partial charge < -0.3 is 15.5 Å². The molecule has 3 rings (SSSR count). The number of rotatable bonds is 7. The molecule has 1 aliphatic carbocycles. The summed E-state index contributed by atoms with van der Waals surface area (Å²) < 4.78 is 1.90. The summed E-state index contributed by atoms with van der Waals surface area (Å²) in [4.78, 5) is 14.6. The molecule has 1 saturated carbocycles. The molecule has 6 nitrogen and oxygen atoms in total. The second-order valence-corrected chi connectivity index (χ2v) is 7.58. The van der Waals surface area contributed by atoms with Gasteiger partial charge in [-0.1, -0.05) is 19.8 Å². The van der Waals surface area contributed by atoms with E-state index in [1.165, 1.54) is 32.2 Å². The molecular weight excluding hydrogens is 302 g/mol. The molecule has 1 aromatic heterocycles. The molecule has 0 spiro atoms. The summed E-state index contributed by atoms with van der Waals surface area (Å²) in [5.74, 6) is 1.25. The van der Waals surface area contributed by atoms with Crippen molar-refractivity contribution < 1.29 is 4.79 Å². The van der Waals surface area contributed by atoms with Crippen molar-refractivity contribution in [1.29, 1.82) is 0 Å². The van der Waals surface area contributed by atoms with Crippen LogP contribution in [0.3, 0.4) is 0 Å². The zero-order valence-corrected chi connectivity index (χ0v) is 14.8. The van der Waals surface area contributed by atoms with Crippen LogP contribution in [0.25, 0.3) is 0 Å². The van der Waals surface area contributed by atoms with Crippen LogP contribution in [-0.4, -0.2) is 52.9 Å². The van der Waals surface area contributed by atoms with E-state index in [1.807, 2.05) is 16.9 Å². The number of aromatic nitrogens is 2. The van der Waals surface area contributed by atoms with Crippen LogP contribution in [0, 0.1) is 11.8 Å². The van der Waals surface area contributed by atoms with Crippen LogP contribution in [0.15, 0.2) is 18.5 Å². The first-order valence-electron chi connectivity index (χ1n) is 9.43. The molecule has 0 aromatic carbocycles. The van der Waals surface area contributed by atoms with Crippen molar-refractivity contribution in [2.45, 2.75) is 51.6 Å². The van der Waals surface area contributed by atoms with Crippen molar-refractivity contribution in [2.75, 3.05) is 26.2 Å². The highest BCUT2D eigenvalue weighted by atomic mass is 16.2. The van der Waals surface area contributed by atoms with E-state index in [1.54, 1.807) is 6.20 Å². The molecule has 1 saturated heterocycles.